The van der Waals surface area contributed by atoms with Crippen molar-refractivity contribution in [3.8, 4) is 18.2 Å². The molecule has 0 fully saturated rings. The SMILES string of the molecule is N#CC1=C(C#N)C(=O)c2c(C#N)cccc2C1=O. The molecule has 1 aromatic carbocycles. The van der Waals surface area contributed by atoms with Gasteiger partial charge in [-0.2, -0.15) is 15.8 Å². The van der Waals surface area contributed by atoms with Crippen LogP contribution >= 0.6 is 0 Å². The van der Waals surface area contributed by atoms with Crippen molar-refractivity contribution in [1.29, 1.82) is 15.8 Å². The first kappa shape index (κ1) is 11.3. The molecule has 0 bridgehead atoms. The average molecular weight is 233 g/mol. The molecule has 0 atom stereocenters. The molecule has 5 nitrogen and oxygen atoms in total. The second-order valence-corrected chi connectivity index (χ2v) is 3.47. The van der Waals surface area contributed by atoms with E-state index in [1.54, 1.807) is 18.2 Å². The maximum atomic E-state index is 12.0. The number of hydrogen-bond donors (Lipinski definition) is 0. The van der Waals surface area contributed by atoms with Gasteiger partial charge < -0.3 is 0 Å². The maximum Gasteiger partial charge on any atom is 0.207 e. The largest absolute Gasteiger partial charge is 0.288 e. The first-order valence-corrected chi connectivity index (χ1v) is 4.82. The third-order valence-electron chi connectivity index (χ3n) is 2.58. The van der Waals surface area contributed by atoms with E-state index in [0.29, 0.717) is 0 Å². The number of benzene rings is 1. The molecule has 0 aliphatic heterocycles. The lowest BCUT2D eigenvalue weighted by Gasteiger charge is -2.14. The van der Waals surface area contributed by atoms with Crippen molar-refractivity contribution in [3.63, 3.8) is 0 Å². The first-order valence-electron chi connectivity index (χ1n) is 4.82. The lowest BCUT2D eigenvalue weighted by molar-refractivity contribution is 0.0982. The van der Waals surface area contributed by atoms with Crippen LogP contribution in [0.5, 0.6) is 0 Å². The first-order chi connectivity index (χ1) is 8.65. The van der Waals surface area contributed by atoms with Crippen molar-refractivity contribution in [2.75, 3.05) is 0 Å². The van der Waals surface area contributed by atoms with E-state index >= 15 is 0 Å². The fourth-order valence-corrected chi connectivity index (χ4v) is 1.78. The van der Waals surface area contributed by atoms with Crippen LogP contribution in [0.15, 0.2) is 29.3 Å². The predicted molar refractivity (Wildman–Crippen MR) is 58.1 cm³/mol. The number of nitriles is 3. The van der Waals surface area contributed by atoms with Gasteiger partial charge in [-0.15, -0.1) is 0 Å². The smallest absolute Gasteiger partial charge is 0.207 e. The highest BCUT2D eigenvalue weighted by atomic mass is 16.1. The number of fused-ring (bicyclic) bond motifs is 1. The Kier molecular flexibility index (Phi) is 2.49. The molecule has 1 aliphatic carbocycles. The third-order valence-corrected chi connectivity index (χ3v) is 2.58. The zero-order valence-electron chi connectivity index (χ0n) is 8.89. The number of carbonyl (C=O) groups is 2. The van der Waals surface area contributed by atoms with Gasteiger partial charge >= 0.3 is 0 Å². The molecule has 0 aromatic heterocycles. The van der Waals surface area contributed by atoms with Gasteiger partial charge in [-0.1, -0.05) is 12.1 Å². The maximum absolute atomic E-state index is 12.0. The quantitative estimate of drug-likeness (QED) is 0.670. The Balaban J connectivity index is 2.88. The van der Waals surface area contributed by atoms with Crippen LogP contribution in [-0.4, -0.2) is 11.6 Å². The van der Waals surface area contributed by atoms with Crippen LogP contribution in [0.3, 0.4) is 0 Å². The van der Waals surface area contributed by atoms with Crippen molar-refractivity contribution in [3.05, 3.63) is 46.0 Å². The summed E-state index contributed by atoms with van der Waals surface area (Å²) in [6, 6.07) is 9.12. The Morgan fingerprint density at radius 3 is 2.00 bits per heavy atom. The predicted octanol–water partition coefficient (Wildman–Crippen LogP) is 1.28. The zero-order chi connectivity index (χ0) is 13.3. The fraction of sp³-hybridized carbons (Fsp3) is 0. The van der Waals surface area contributed by atoms with Crippen molar-refractivity contribution in [1.82, 2.24) is 0 Å². The summed E-state index contributed by atoms with van der Waals surface area (Å²) in [6.07, 6.45) is 0. The highest BCUT2D eigenvalue weighted by molar-refractivity contribution is 6.30. The second kappa shape index (κ2) is 3.97. The van der Waals surface area contributed by atoms with E-state index in [1.165, 1.54) is 18.2 Å². The van der Waals surface area contributed by atoms with Gasteiger partial charge in [0.05, 0.1) is 17.2 Å². The van der Waals surface area contributed by atoms with Gasteiger partial charge in [-0.3, -0.25) is 9.59 Å². The fourth-order valence-electron chi connectivity index (χ4n) is 1.78. The molecular weight excluding hydrogens is 230 g/mol. The van der Waals surface area contributed by atoms with Gasteiger partial charge in [0.1, 0.15) is 23.3 Å². The Bertz CT molecular complexity index is 752. The van der Waals surface area contributed by atoms with Crippen molar-refractivity contribution in [2.45, 2.75) is 0 Å². The van der Waals surface area contributed by atoms with Gasteiger partial charge in [-0.05, 0) is 6.07 Å². The second-order valence-electron chi connectivity index (χ2n) is 3.47. The summed E-state index contributed by atoms with van der Waals surface area (Å²) < 4.78 is 0. The van der Waals surface area contributed by atoms with Crippen molar-refractivity contribution < 1.29 is 9.59 Å². The van der Waals surface area contributed by atoms with Crippen LogP contribution in [0.4, 0.5) is 0 Å². The monoisotopic (exact) mass is 233 g/mol. The Morgan fingerprint density at radius 1 is 0.833 bits per heavy atom. The van der Waals surface area contributed by atoms with E-state index in [2.05, 4.69) is 0 Å². The highest BCUT2D eigenvalue weighted by Crippen LogP contribution is 2.27. The van der Waals surface area contributed by atoms with E-state index in [1.807, 2.05) is 0 Å². The molecule has 5 heteroatoms. The number of ketones is 2. The summed E-state index contributed by atoms with van der Waals surface area (Å²) in [5.74, 6) is -1.44. The topological polar surface area (TPSA) is 106 Å². The molecule has 1 aliphatic rings. The summed E-state index contributed by atoms with van der Waals surface area (Å²) in [5, 5.41) is 26.6. The molecule has 0 heterocycles. The molecule has 0 spiro atoms. The Morgan fingerprint density at radius 2 is 1.44 bits per heavy atom. The van der Waals surface area contributed by atoms with E-state index in [9.17, 15) is 9.59 Å². The van der Waals surface area contributed by atoms with Gasteiger partial charge in [0.25, 0.3) is 0 Å². The van der Waals surface area contributed by atoms with E-state index < -0.39 is 22.7 Å². The number of carbonyl (C=O) groups excluding carboxylic acids is 2. The molecule has 0 N–H and O–H groups in total. The lowest BCUT2D eigenvalue weighted by Crippen LogP contribution is -2.22. The van der Waals surface area contributed by atoms with Crippen LogP contribution in [-0.2, 0) is 0 Å². The average Bonchev–Trinajstić information content (AvgIpc) is 2.41. The Hall–Kier alpha value is -3.23. The van der Waals surface area contributed by atoms with E-state index in [0.717, 1.165) is 0 Å². The summed E-state index contributed by atoms with van der Waals surface area (Å²) >= 11 is 0. The molecular formula is C13H3N3O2. The molecule has 0 saturated carbocycles. The minimum Gasteiger partial charge on any atom is -0.288 e. The third kappa shape index (κ3) is 1.31. The van der Waals surface area contributed by atoms with Crippen LogP contribution in [0, 0.1) is 34.0 Å². The number of Topliss-reactive ketones (excluding diaryl/α,β-unsaturated/α-hetero) is 2. The zero-order valence-corrected chi connectivity index (χ0v) is 8.89. The normalized spacial score (nSPS) is 13.4. The van der Waals surface area contributed by atoms with Crippen molar-refractivity contribution >= 4 is 11.6 Å². The van der Waals surface area contributed by atoms with E-state index in [-0.39, 0.29) is 16.7 Å². The van der Waals surface area contributed by atoms with Crippen LogP contribution in [0.25, 0.3) is 0 Å². The van der Waals surface area contributed by atoms with Crippen LogP contribution in [0.2, 0.25) is 0 Å². The van der Waals surface area contributed by atoms with Gasteiger partial charge in [-0.25, -0.2) is 0 Å². The van der Waals surface area contributed by atoms with Gasteiger partial charge in [0.15, 0.2) is 0 Å². The summed E-state index contributed by atoms with van der Waals surface area (Å²) in [7, 11) is 0. The Labute approximate surface area is 102 Å². The van der Waals surface area contributed by atoms with Gasteiger partial charge in [0, 0.05) is 5.56 Å². The number of allylic oxidation sites excluding steroid dienone is 2. The lowest BCUT2D eigenvalue weighted by atomic mass is 9.83. The number of rotatable bonds is 0. The van der Waals surface area contributed by atoms with Gasteiger partial charge in [0.2, 0.25) is 11.6 Å². The number of nitrogens with zero attached hydrogens (tertiary/aromatic N) is 3. The molecule has 82 valence electrons. The van der Waals surface area contributed by atoms with E-state index in [4.69, 9.17) is 15.8 Å². The minimum atomic E-state index is -0.749. The molecule has 0 saturated heterocycles. The summed E-state index contributed by atoms with van der Waals surface area (Å²) in [6.45, 7) is 0. The van der Waals surface area contributed by atoms with Crippen molar-refractivity contribution in [2.24, 2.45) is 0 Å². The van der Waals surface area contributed by atoms with Crippen LogP contribution < -0.4 is 0 Å². The molecule has 1 aromatic rings. The summed E-state index contributed by atoms with van der Waals surface area (Å²) in [5.41, 5.74) is -1.05. The minimum absolute atomic E-state index is 0.00500. The molecule has 0 amide bonds. The molecule has 0 unspecified atom stereocenters. The molecule has 18 heavy (non-hydrogen) atoms. The summed E-state index contributed by atoms with van der Waals surface area (Å²) in [4.78, 5) is 23.9. The highest BCUT2D eigenvalue weighted by Gasteiger charge is 2.34. The van der Waals surface area contributed by atoms with Crippen LogP contribution in [0.1, 0.15) is 26.3 Å². The molecule has 2 rings (SSSR count). The molecule has 0 radical (unpaired) electrons. The number of hydrogen-bond acceptors (Lipinski definition) is 5. The standard InChI is InChI=1S/C13H3N3O2/c14-4-7-2-1-3-8-11(7)13(18)10(6-16)9(5-15)12(8)17/h1-3H.